The van der Waals surface area contributed by atoms with E-state index in [1.165, 1.54) is 11.0 Å². The minimum atomic E-state index is -0.960. The van der Waals surface area contributed by atoms with Gasteiger partial charge in [-0.15, -0.1) is 0 Å². The second-order valence-electron chi connectivity index (χ2n) is 4.08. The van der Waals surface area contributed by atoms with Crippen LogP contribution in [0, 0.1) is 18.6 Å². The van der Waals surface area contributed by atoms with Crippen LogP contribution in [0.3, 0.4) is 0 Å². The molecule has 0 aliphatic heterocycles. The Hall–Kier alpha value is -2.11. The van der Waals surface area contributed by atoms with Gasteiger partial charge in [-0.3, -0.25) is 0 Å². The van der Waals surface area contributed by atoms with Crippen LogP contribution in [-0.2, 0) is 6.54 Å². The summed E-state index contributed by atoms with van der Waals surface area (Å²) < 4.78 is 31.8. The first-order valence-electron chi connectivity index (χ1n) is 5.36. The van der Waals surface area contributed by atoms with Crippen LogP contribution < -0.4 is 10.6 Å². The number of hydrogen-bond donors (Lipinski definition) is 1. The van der Waals surface area contributed by atoms with Gasteiger partial charge in [0.05, 0.1) is 17.9 Å². The summed E-state index contributed by atoms with van der Waals surface area (Å²) in [6.07, 6.45) is 0. The predicted octanol–water partition coefficient (Wildman–Crippen LogP) is 2.48. The Morgan fingerprint density at radius 1 is 1.39 bits per heavy atom. The number of rotatable bonds is 3. The molecule has 0 saturated heterocycles. The van der Waals surface area contributed by atoms with Gasteiger partial charge in [0.2, 0.25) is 0 Å². The molecular formula is C12H13F2N3O. The van der Waals surface area contributed by atoms with Crippen molar-refractivity contribution in [2.45, 2.75) is 13.5 Å². The highest BCUT2D eigenvalue weighted by Gasteiger charge is 2.17. The largest absolute Gasteiger partial charge is 0.397 e. The number of nitrogen functional groups attached to an aromatic ring is 1. The van der Waals surface area contributed by atoms with E-state index in [0.717, 1.165) is 6.07 Å². The van der Waals surface area contributed by atoms with Crippen LogP contribution in [0.2, 0.25) is 0 Å². The van der Waals surface area contributed by atoms with Crippen LogP contribution in [0.4, 0.5) is 20.2 Å². The molecule has 4 nitrogen and oxygen atoms in total. The summed E-state index contributed by atoms with van der Waals surface area (Å²) in [7, 11) is 1.61. The lowest BCUT2D eigenvalue weighted by molar-refractivity contribution is 0.390. The maximum Gasteiger partial charge on any atom is 0.184 e. The normalized spacial score (nSPS) is 10.7. The number of aryl methyl sites for hydroxylation is 1. The van der Waals surface area contributed by atoms with Gasteiger partial charge in [-0.05, 0) is 19.1 Å². The molecule has 0 radical (unpaired) electrons. The summed E-state index contributed by atoms with van der Waals surface area (Å²) in [6, 6.07) is 4.06. The lowest BCUT2D eigenvalue weighted by Crippen LogP contribution is -2.20. The monoisotopic (exact) mass is 253 g/mol. The molecule has 0 aliphatic carbocycles. The Morgan fingerprint density at radius 3 is 2.72 bits per heavy atom. The first-order chi connectivity index (χ1) is 8.49. The van der Waals surface area contributed by atoms with E-state index in [2.05, 4.69) is 5.16 Å². The fourth-order valence-electron chi connectivity index (χ4n) is 1.76. The molecular weight excluding hydrogens is 240 g/mol. The highest BCUT2D eigenvalue weighted by Crippen LogP contribution is 2.28. The minimum Gasteiger partial charge on any atom is -0.397 e. The third-order valence-corrected chi connectivity index (χ3v) is 2.56. The van der Waals surface area contributed by atoms with E-state index in [9.17, 15) is 8.78 Å². The Labute approximate surface area is 103 Å². The average Bonchev–Trinajstić information content (AvgIpc) is 2.70. The molecule has 1 aromatic carbocycles. The Bertz CT molecular complexity index is 568. The smallest absolute Gasteiger partial charge is 0.184 e. The molecule has 0 fully saturated rings. The van der Waals surface area contributed by atoms with Crippen molar-refractivity contribution in [3.05, 3.63) is 41.3 Å². The maximum absolute atomic E-state index is 13.7. The highest BCUT2D eigenvalue weighted by atomic mass is 19.2. The summed E-state index contributed by atoms with van der Waals surface area (Å²) >= 11 is 0. The zero-order valence-electron chi connectivity index (χ0n) is 10.1. The van der Waals surface area contributed by atoms with Gasteiger partial charge < -0.3 is 15.2 Å². The van der Waals surface area contributed by atoms with Gasteiger partial charge in [-0.1, -0.05) is 5.16 Å². The van der Waals surface area contributed by atoms with Crippen LogP contribution in [0.25, 0.3) is 0 Å². The summed E-state index contributed by atoms with van der Waals surface area (Å²) in [4.78, 5) is 1.49. The van der Waals surface area contributed by atoms with Crippen molar-refractivity contribution in [2.24, 2.45) is 0 Å². The molecule has 1 heterocycles. The summed E-state index contributed by atoms with van der Waals surface area (Å²) in [5, 5.41) is 3.79. The first kappa shape index (κ1) is 12.3. The molecule has 2 aromatic rings. The number of halogens is 2. The van der Waals surface area contributed by atoms with Crippen LogP contribution >= 0.6 is 0 Å². The second-order valence-corrected chi connectivity index (χ2v) is 4.08. The third-order valence-electron chi connectivity index (χ3n) is 2.56. The molecule has 0 spiro atoms. The van der Waals surface area contributed by atoms with Crippen molar-refractivity contribution in [3.63, 3.8) is 0 Å². The fourth-order valence-corrected chi connectivity index (χ4v) is 1.76. The molecule has 0 saturated carbocycles. The molecule has 0 bridgehead atoms. The molecule has 2 rings (SSSR count). The van der Waals surface area contributed by atoms with Crippen molar-refractivity contribution < 1.29 is 13.3 Å². The molecule has 1 aromatic heterocycles. The molecule has 96 valence electrons. The maximum atomic E-state index is 13.7. The van der Waals surface area contributed by atoms with Gasteiger partial charge in [-0.2, -0.15) is 0 Å². The molecule has 18 heavy (non-hydrogen) atoms. The van der Waals surface area contributed by atoms with Crippen LogP contribution in [-0.4, -0.2) is 12.2 Å². The van der Waals surface area contributed by atoms with Crippen molar-refractivity contribution >= 4 is 11.4 Å². The number of anilines is 2. The van der Waals surface area contributed by atoms with Crippen molar-refractivity contribution in [1.82, 2.24) is 5.16 Å². The number of benzene rings is 1. The van der Waals surface area contributed by atoms with E-state index in [0.29, 0.717) is 11.5 Å². The number of hydrogen-bond acceptors (Lipinski definition) is 4. The van der Waals surface area contributed by atoms with Gasteiger partial charge >= 0.3 is 0 Å². The molecule has 0 atom stereocenters. The third kappa shape index (κ3) is 2.27. The van der Waals surface area contributed by atoms with Crippen molar-refractivity contribution in [3.8, 4) is 0 Å². The van der Waals surface area contributed by atoms with E-state index in [-0.39, 0.29) is 17.9 Å². The minimum absolute atomic E-state index is 0.0238. The SMILES string of the molecule is Cc1cc(CN(C)c2c(N)ccc(F)c2F)no1. The Morgan fingerprint density at radius 2 is 2.11 bits per heavy atom. The fraction of sp³-hybridized carbons (Fsp3) is 0.250. The topological polar surface area (TPSA) is 55.3 Å². The van der Waals surface area contributed by atoms with Gasteiger partial charge in [-0.25, -0.2) is 8.78 Å². The van der Waals surface area contributed by atoms with Crippen LogP contribution in [0.5, 0.6) is 0 Å². The molecule has 6 heteroatoms. The lowest BCUT2D eigenvalue weighted by atomic mass is 10.2. The Balaban J connectivity index is 2.28. The molecule has 2 N–H and O–H groups in total. The molecule has 0 aliphatic rings. The lowest BCUT2D eigenvalue weighted by Gasteiger charge is -2.20. The van der Waals surface area contributed by atoms with Gasteiger partial charge in [0, 0.05) is 13.1 Å². The van der Waals surface area contributed by atoms with E-state index < -0.39 is 11.6 Å². The predicted molar refractivity (Wildman–Crippen MR) is 64.1 cm³/mol. The Kier molecular flexibility index (Phi) is 3.18. The van der Waals surface area contributed by atoms with Crippen molar-refractivity contribution in [2.75, 3.05) is 17.7 Å². The molecule has 0 unspecified atom stereocenters. The standard InChI is InChI=1S/C12H13F2N3O/c1-7-5-8(16-18-7)6-17(2)12-10(15)4-3-9(13)11(12)14/h3-5H,6,15H2,1-2H3. The highest BCUT2D eigenvalue weighted by molar-refractivity contribution is 5.68. The van der Waals surface area contributed by atoms with E-state index in [4.69, 9.17) is 10.3 Å². The van der Waals surface area contributed by atoms with Gasteiger partial charge in [0.25, 0.3) is 0 Å². The van der Waals surface area contributed by atoms with Gasteiger partial charge in [0.15, 0.2) is 11.6 Å². The van der Waals surface area contributed by atoms with Crippen LogP contribution in [0.1, 0.15) is 11.5 Å². The van der Waals surface area contributed by atoms with E-state index in [1.807, 2.05) is 0 Å². The number of aromatic nitrogens is 1. The average molecular weight is 253 g/mol. The number of nitrogens with zero attached hydrogens (tertiary/aromatic N) is 2. The summed E-state index contributed by atoms with van der Waals surface area (Å²) in [5.74, 6) is -1.23. The first-order valence-corrected chi connectivity index (χ1v) is 5.36. The molecule has 0 amide bonds. The zero-order valence-corrected chi connectivity index (χ0v) is 10.1. The van der Waals surface area contributed by atoms with Crippen molar-refractivity contribution in [1.29, 1.82) is 0 Å². The second kappa shape index (κ2) is 4.64. The van der Waals surface area contributed by atoms with E-state index in [1.54, 1.807) is 20.0 Å². The summed E-state index contributed by atoms with van der Waals surface area (Å²) in [6.45, 7) is 2.04. The zero-order chi connectivity index (χ0) is 13.3. The van der Waals surface area contributed by atoms with Crippen LogP contribution in [0.15, 0.2) is 22.7 Å². The summed E-state index contributed by atoms with van der Waals surface area (Å²) in [5.41, 5.74) is 6.48. The van der Waals surface area contributed by atoms with E-state index >= 15 is 0 Å². The van der Waals surface area contributed by atoms with Gasteiger partial charge in [0.1, 0.15) is 11.5 Å². The quantitative estimate of drug-likeness (QED) is 0.854. The number of nitrogens with two attached hydrogens (primary N) is 1.